The summed E-state index contributed by atoms with van der Waals surface area (Å²) in [6.07, 6.45) is 3.31. The minimum absolute atomic E-state index is 0. The molecule has 0 aromatic heterocycles. The summed E-state index contributed by atoms with van der Waals surface area (Å²) in [5.41, 5.74) is 6.77. The van der Waals surface area contributed by atoms with Crippen molar-refractivity contribution in [2.24, 2.45) is 5.73 Å². The Morgan fingerprint density at radius 1 is 1.50 bits per heavy atom. The molecule has 1 aliphatic heterocycles. The van der Waals surface area contributed by atoms with Crippen LogP contribution < -0.4 is 5.73 Å². The van der Waals surface area contributed by atoms with E-state index in [4.69, 9.17) is 17.3 Å². The van der Waals surface area contributed by atoms with Gasteiger partial charge in [-0.1, -0.05) is 27.5 Å². The molecule has 1 heterocycles. The van der Waals surface area contributed by atoms with Crippen LogP contribution in [0.25, 0.3) is 0 Å². The van der Waals surface area contributed by atoms with E-state index in [-0.39, 0.29) is 24.4 Å². The van der Waals surface area contributed by atoms with E-state index in [2.05, 4.69) is 15.9 Å². The molecule has 0 saturated carbocycles. The Labute approximate surface area is 139 Å². The minimum atomic E-state index is 0. The minimum Gasteiger partial charge on any atom is -0.338 e. The Morgan fingerprint density at radius 2 is 2.25 bits per heavy atom. The first-order chi connectivity index (χ1) is 9.11. The number of hydrogen-bond acceptors (Lipinski definition) is 2. The molecular formula is C14H19BrCl2N2O. The standard InChI is InChI=1S/C14H18BrClN2O.ClH/c15-13-5-4-11(16)8-10(13)3-6-14(19)18-7-1-2-12(18)9-17;/h4-5,8,12H,1-3,6-7,9,17H2;1H. The van der Waals surface area contributed by atoms with Crippen LogP contribution in [0, 0.1) is 0 Å². The normalized spacial score (nSPS) is 17.9. The molecule has 1 aromatic rings. The predicted molar refractivity (Wildman–Crippen MR) is 88.5 cm³/mol. The molecule has 0 aliphatic carbocycles. The topological polar surface area (TPSA) is 46.3 Å². The maximum Gasteiger partial charge on any atom is 0.223 e. The van der Waals surface area contributed by atoms with E-state index in [1.54, 1.807) is 0 Å². The fourth-order valence-corrected chi connectivity index (χ4v) is 3.17. The summed E-state index contributed by atoms with van der Waals surface area (Å²) < 4.78 is 1.00. The lowest BCUT2D eigenvalue weighted by Gasteiger charge is -2.23. The number of rotatable bonds is 4. The number of amides is 1. The largest absolute Gasteiger partial charge is 0.338 e. The fraction of sp³-hybridized carbons (Fsp3) is 0.500. The Bertz CT molecular complexity index is 470. The van der Waals surface area contributed by atoms with Crippen molar-refractivity contribution in [1.29, 1.82) is 0 Å². The molecule has 20 heavy (non-hydrogen) atoms. The van der Waals surface area contributed by atoms with Gasteiger partial charge in [0.25, 0.3) is 0 Å². The predicted octanol–water partition coefficient (Wildman–Crippen LogP) is 3.41. The number of halogens is 3. The average Bonchev–Trinajstić information content (AvgIpc) is 2.88. The summed E-state index contributed by atoms with van der Waals surface area (Å²) in [5.74, 6) is 0.194. The van der Waals surface area contributed by atoms with Gasteiger partial charge in [-0.2, -0.15) is 0 Å². The third-order valence-corrected chi connectivity index (χ3v) is 4.59. The van der Waals surface area contributed by atoms with Gasteiger partial charge in [-0.05, 0) is 43.0 Å². The van der Waals surface area contributed by atoms with Gasteiger partial charge in [0.2, 0.25) is 5.91 Å². The lowest BCUT2D eigenvalue weighted by molar-refractivity contribution is -0.131. The fourth-order valence-electron chi connectivity index (χ4n) is 2.53. The number of aryl methyl sites for hydroxylation is 1. The van der Waals surface area contributed by atoms with Crippen LogP contribution in [-0.2, 0) is 11.2 Å². The highest BCUT2D eigenvalue weighted by atomic mass is 79.9. The molecule has 2 rings (SSSR count). The summed E-state index contributed by atoms with van der Waals surface area (Å²) in [5, 5.41) is 0.701. The molecule has 3 nitrogen and oxygen atoms in total. The molecule has 1 aromatic carbocycles. The smallest absolute Gasteiger partial charge is 0.223 e. The molecule has 0 bridgehead atoms. The van der Waals surface area contributed by atoms with Gasteiger partial charge < -0.3 is 10.6 Å². The third kappa shape index (κ3) is 4.35. The molecule has 0 spiro atoms. The molecule has 1 atom stereocenters. The zero-order valence-corrected chi connectivity index (χ0v) is 14.3. The second-order valence-electron chi connectivity index (χ2n) is 4.85. The zero-order chi connectivity index (χ0) is 13.8. The molecule has 1 fully saturated rings. The second kappa shape index (κ2) is 8.23. The first-order valence-electron chi connectivity index (χ1n) is 6.55. The van der Waals surface area contributed by atoms with Gasteiger partial charge in [0.15, 0.2) is 0 Å². The molecule has 1 saturated heterocycles. The lowest BCUT2D eigenvalue weighted by atomic mass is 10.1. The summed E-state index contributed by atoms with van der Waals surface area (Å²) in [4.78, 5) is 14.1. The Kier molecular flexibility index (Phi) is 7.30. The van der Waals surface area contributed by atoms with Crippen molar-refractivity contribution in [3.05, 3.63) is 33.3 Å². The van der Waals surface area contributed by atoms with Gasteiger partial charge >= 0.3 is 0 Å². The number of benzene rings is 1. The van der Waals surface area contributed by atoms with Gasteiger partial charge in [0.05, 0.1) is 0 Å². The van der Waals surface area contributed by atoms with Gasteiger partial charge in [-0.25, -0.2) is 0 Å². The number of nitrogens with two attached hydrogens (primary N) is 1. The van der Waals surface area contributed by atoms with Gasteiger partial charge in [-0.3, -0.25) is 4.79 Å². The maximum absolute atomic E-state index is 12.2. The van der Waals surface area contributed by atoms with Crippen molar-refractivity contribution in [1.82, 2.24) is 4.90 Å². The molecule has 0 radical (unpaired) electrons. The van der Waals surface area contributed by atoms with Crippen LogP contribution in [-0.4, -0.2) is 29.9 Å². The van der Waals surface area contributed by atoms with E-state index in [0.717, 1.165) is 29.4 Å². The van der Waals surface area contributed by atoms with Crippen LogP contribution >= 0.6 is 39.9 Å². The van der Waals surface area contributed by atoms with Crippen LogP contribution in [0.4, 0.5) is 0 Å². The van der Waals surface area contributed by atoms with Gasteiger partial charge in [0.1, 0.15) is 0 Å². The second-order valence-corrected chi connectivity index (χ2v) is 6.15. The quantitative estimate of drug-likeness (QED) is 0.868. The highest BCUT2D eigenvalue weighted by molar-refractivity contribution is 9.10. The van der Waals surface area contributed by atoms with E-state index < -0.39 is 0 Å². The van der Waals surface area contributed by atoms with Crippen molar-refractivity contribution in [3.8, 4) is 0 Å². The molecule has 1 aliphatic rings. The van der Waals surface area contributed by atoms with Crippen LogP contribution in [0.5, 0.6) is 0 Å². The Morgan fingerprint density at radius 3 is 2.95 bits per heavy atom. The highest BCUT2D eigenvalue weighted by Crippen LogP contribution is 2.23. The SMILES string of the molecule is Cl.NCC1CCCN1C(=O)CCc1cc(Cl)ccc1Br. The van der Waals surface area contributed by atoms with Crippen LogP contribution in [0.3, 0.4) is 0 Å². The van der Waals surface area contributed by atoms with Crippen LogP contribution in [0.2, 0.25) is 5.02 Å². The number of carbonyl (C=O) groups excluding carboxylic acids is 1. The first kappa shape index (κ1) is 17.8. The maximum atomic E-state index is 12.2. The average molecular weight is 382 g/mol. The van der Waals surface area contributed by atoms with Gasteiger partial charge in [-0.15, -0.1) is 12.4 Å². The van der Waals surface area contributed by atoms with Crippen molar-refractivity contribution >= 4 is 45.8 Å². The van der Waals surface area contributed by atoms with Crippen molar-refractivity contribution < 1.29 is 4.79 Å². The van der Waals surface area contributed by atoms with E-state index in [0.29, 0.717) is 24.4 Å². The number of hydrogen-bond donors (Lipinski definition) is 1. The summed E-state index contributed by atoms with van der Waals surface area (Å²) in [7, 11) is 0. The van der Waals surface area contributed by atoms with E-state index >= 15 is 0 Å². The highest BCUT2D eigenvalue weighted by Gasteiger charge is 2.26. The molecular weight excluding hydrogens is 363 g/mol. The number of carbonyl (C=O) groups is 1. The van der Waals surface area contributed by atoms with Crippen molar-refractivity contribution in [2.45, 2.75) is 31.7 Å². The summed E-state index contributed by atoms with van der Waals surface area (Å²) in [6.45, 7) is 1.41. The Hall–Kier alpha value is -0.290. The van der Waals surface area contributed by atoms with Crippen molar-refractivity contribution in [2.75, 3.05) is 13.1 Å². The van der Waals surface area contributed by atoms with E-state index in [1.165, 1.54) is 0 Å². The third-order valence-electron chi connectivity index (χ3n) is 3.59. The van der Waals surface area contributed by atoms with Crippen LogP contribution in [0.1, 0.15) is 24.8 Å². The zero-order valence-electron chi connectivity index (χ0n) is 11.1. The molecule has 1 unspecified atom stereocenters. The van der Waals surface area contributed by atoms with Crippen molar-refractivity contribution in [3.63, 3.8) is 0 Å². The first-order valence-corrected chi connectivity index (χ1v) is 7.72. The van der Waals surface area contributed by atoms with E-state index in [9.17, 15) is 4.79 Å². The number of nitrogens with zero attached hydrogens (tertiary/aromatic N) is 1. The summed E-state index contributed by atoms with van der Waals surface area (Å²) in [6, 6.07) is 5.89. The molecule has 6 heteroatoms. The van der Waals surface area contributed by atoms with E-state index in [1.807, 2.05) is 23.1 Å². The van der Waals surface area contributed by atoms with Crippen LogP contribution in [0.15, 0.2) is 22.7 Å². The number of likely N-dealkylation sites (tertiary alicyclic amines) is 1. The monoisotopic (exact) mass is 380 g/mol. The lowest BCUT2D eigenvalue weighted by Crippen LogP contribution is -2.40. The Balaban J connectivity index is 0.00000200. The molecule has 2 N–H and O–H groups in total. The summed E-state index contributed by atoms with van der Waals surface area (Å²) >= 11 is 9.46. The van der Waals surface area contributed by atoms with Gasteiger partial charge in [0, 0.05) is 35.0 Å². The molecule has 112 valence electrons. The molecule has 1 amide bonds.